The highest BCUT2D eigenvalue weighted by Crippen LogP contribution is 2.28. The lowest BCUT2D eigenvalue weighted by molar-refractivity contribution is -0.384. The van der Waals surface area contributed by atoms with Gasteiger partial charge in [0, 0.05) is 35.0 Å². The maximum absolute atomic E-state index is 12.4. The molecule has 1 fully saturated rings. The number of carbonyl (C=O) groups excluding carboxylic acids is 1. The number of benzene rings is 1. The summed E-state index contributed by atoms with van der Waals surface area (Å²) in [7, 11) is 0. The summed E-state index contributed by atoms with van der Waals surface area (Å²) in [6.07, 6.45) is 2.33. The van der Waals surface area contributed by atoms with E-state index < -0.39 is 4.92 Å². The largest absolute Gasteiger partial charge is 0.375 e. The van der Waals surface area contributed by atoms with Crippen molar-refractivity contribution in [3.05, 3.63) is 62.0 Å². The Hall–Kier alpha value is -2.23. The third kappa shape index (κ3) is 3.64. The molecule has 1 aliphatic rings. The van der Waals surface area contributed by atoms with E-state index in [9.17, 15) is 14.9 Å². The smallest absolute Gasteiger partial charge is 0.293 e. The average molecular weight is 438 g/mol. The maximum atomic E-state index is 12.4. The highest BCUT2D eigenvalue weighted by Gasteiger charge is 2.28. The predicted octanol–water partition coefficient (Wildman–Crippen LogP) is 2.92. The molecule has 0 aliphatic carbocycles. The van der Waals surface area contributed by atoms with Crippen LogP contribution < -0.4 is 5.32 Å². The minimum atomic E-state index is -0.393. The molecular weight excluding hydrogens is 423 g/mol. The van der Waals surface area contributed by atoms with E-state index in [1.165, 1.54) is 6.07 Å². The van der Waals surface area contributed by atoms with Crippen molar-refractivity contribution >= 4 is 39.9 Å². The lowest BCUT2D eigenvalue weighted by Gasteiger charge is -2.17. The van der Waals surface area contributed by atoms with Gasteiger partial charge in [0.25, 0.3) is 11.6 Å². The molecule has 2 aromatic rings. The average Bonchev–Trinajstić information content (AvgIpc) is 3.05. The number of hydrogen-bond donors (Lipinski definition) is 1. The van der Waals surface area contributed by atoms with E-state index in [1.54, 1.807) is 35.4 Å². The van der Waals surface area contributed by atoms with Crippen LogP contribution in [0.25, 0.3) is 0 Å². The van der Waals surface area contributed by atoms with Gasteiger partial charge in [0.2, 0.25) is 0 Å². The normalized spacial score (nSPS) is 16.9. The molecule has 1 atom stereocenters. The highest BCUT2D eigenvalue weighted by molar-refractivity contribution is 14.1. The van der Waals surface area contributed by atoms with Crippen molar-refractivity contribution in [2.24, 2.45) is 0 Å². The van der Waals surface area contributed by atoms with Crippen molar-refractivity contribution < 1.29 is 9.72 Å². The lowest BCUT2D eigenvalue weighted by atomic mass is 10.2. The van der Waals surface area contributed by atoms with Crippen LogP contribution >= 0.6 is 22.6 Å². The van der Waals surface area contributed by atoms with Crippen LogP contribution in [0.15, 0.2) is 42.6 Å². The van der Waals surface area contributed by atoms with Gasteiger partial charge in [0.05, 0.1) is 4.92 Å². The number of hydrogen-bond acceptors (Lipinski definition) is 5. The number of nitro benzene ring substituents is 1. The summed E-state index contributed by atoms with van der Waals surface area (Å²) in [5.41, 5.74) is 0.951. The summed E-state index contributed by atoms with van der Waals surface area (Å²) in [4.78, 5) is 29.0. The number of carbonyl (C=O) groups is 1. The topological polar surface area (TPSA) is 88.4 Å². The molecule has 124 valence electrons. The van der Waals surface area contributed by atoms with Crippen molar-refractivity contribution in [3.8, 4) is 0 Å². The second-order valence-electron chi connectivity index (χ2n) is 5.51. The van der Waals surface area contributed by atoms with Crippen LogP contribution in [0.5, 0.6) is 0 Å². The number of halogens is 1. The van der Waals surface area contributed by atoms with Gasteiger partial charge in [-0.05, 0) is 53.3 Å². The summed E-state index contributed by atoms with van der Waals surface area (Å²) in [5, 5.41) is 14.4. The van der Waals surface area contributed by atoms with Crippen LogP contribution in [-0.4, -0.2) is 39.8 Å². The van der Waals surface area contributed by atoms with Crippen LogP contribution in [0.3, 0.4) is 0 Å². The molecule has 1 aromatic heterocycles. The van der Waals surface area contributed by atoms with Gasteiger partial charge in [-0.1, -0.05) is 6.07 Å². The monoisotopic (exact) mass is 438 g/mol. The molecule has 0 spiro atoms. The number of amides is 1. The van der Waals surface area contributed by atoms with Gasteiger partial charge in [-0.2, -0.15) is 0 Å². The zero-order chi connectivity index (χ0) is 17.1. The second kappa shape index (κ2) is 7.12. The molecule has 8 heteroatoms. The van der Waals surface area contributed by atoms with Gasteiger partial charge in [-0.15, -0.1) is 0 Å². The van der Waals surface area contributed by atoms with Crippen LogP contribution in [0.1, 0.15) is 16.9 Å². The fourth-order valence-electron chi connectivity index (χ4n) is 2.71. The number of rotatable bonds is 4. The highest BCUT2D eigenvalue weighted by atomic mass is 127. The first-order valence-electron chi connectivity index (χ1n) is 7.45. The molecule has 7 nitrogen and oxygen atoms in total. The quantitative estimate of drug-likeness (QED) is 0.451. The predicted molar refractivity (Wildman–Crippen MR) is 98.0 cm³/mol. The molecule has 1 unspecified atom stereocenters. The minimum absolute atomic E-state index is 0.0172. The van der Waals surface area contributed by atoms with Crippen molar-refractivity contribution in [3.63, 3.8) is 0 Å². The molecule has 2 heterocycles. The van der Waals surface area contributed by atoms with Crippen molar-refractivity contribution in [1.82, 2.24) is 9.88 Å². The van der Waals surface area contributed by atoms with Gasteiger partial charge in [-0.25, -0.2) is 0 Å². The molecule has 1 aromatic carbocycles. The summed E-state index contributed by atoms with van der Waals surface area (Å²) >= 11 is 2.05. The van der Waals surface area contributed by atoms with Crippen LogP contribution in [-0.2, 0) is 0 Å². The van der Waals surface area contributed by atoms with Gasteiger partial charge in [0.15, 0.2) is 0 Å². The summed E-state index contributed by atoms with van der Waals surface area (Å²) in [5.74, 6) is -0.114. The zero-order valence-corrected chi connectivity index (χ0v) is 14.8. The van der Waals surface area contributed by atoms with E-state index in [4.69, 9.17) is 0 Å². The van der Waals surface area contributed by atoms with Gasteiger partial charge in [-0.3, -0.25) is 19.9 Å². The Bertz CT molecular complexity index is 769. The molecule has 1 amide bonds. The number of aromatic nitrogens is 1. The van der Waals surface area contributed by atoms with E-state index in [0.29, 0.717) is 24.5 Å². The first kappa shape index (κ1) is 16.6. The number of anilines is 1. The number of likely N-dealkylation sites (tertiary alicyclic amines) is 1. The Balaban J connectivity index is 1.69. The zero-order valence-electron chi connectivity index (χ0n) is 12.7. The molecule has 3 rings (SSSR count). The van der Waals surface area contributed by atoms with Crippen LogP contribution in [0.4, 0.5) is 11.4 Å². The summed E-state index contributed by atoms with van der Waals surface area (Å²) < 4.78 is 0.809. The summed E-state index contributed by atoms with van der Waals surface area (Å²) in [6.45, 7) is 1.10. The van der Waals surface area contributed by atoms with E-state index in [0.717, 1.165) is 9.99 Å². The third-order valence-corrected chi connectivity index (χ3v) is 4.55. The Kier molecular flexibility index (Phi) is 4.93. The molecule has 0 bridgehead atoms. The van der Waals surface area contributed by atoms with E-state index in [-0.39, 0.29) is 17.6 Å². The SMILES string of the molecule is O=C(c1ccccn1)N1CCC(Nc2ccc(I)cc2[N+](=O)[O-])C1. The number of pyridine rings is 1. The van der Waals surface area contributed by atoms with Crippen molar-refractivity contribution in [2.45, 2.75) is 12.5 Å². The van der Waals surface area contributed by atoms with Crippen molar-refractivity contribution in [1.29, 1.82) is 0 Å². The molecular formula is C16H15IN4O3. The van der Waals surface area contributed by atoms with Crippen LogP contribution in [0.2, 0.25) is 0 Å². The summed E-state index contributed by atoms with van der Waals surface area (Å²) in [6, 6.07) is 10.3. The van der Waals surface area contributed by atoms with Gasteiger partial charge >= 0.3 is 0 Å². The van der Waals surface area contributed by atoms with E-state index in [2.05, 4.69) is 10.3 Å². The second-order valence-corrected chi connectivity index (χ2v) is 6.76. The minimum Gasteiger partial charge on any atom is -0.375 e. The van der Waals surface area contributed by atoms with Gasteiger partial charge < -0.3 is 10.2 Å². The van der Waals surface area contributed by atoms with Gasteiger partial charge in [0.1, 0.15) is 11.4 Å². The number of nitrogens with one attached hydrogen (secondary N) is 1. The molecule has 1 saturated heterocycles. The first-order chi connectivity index (χ1) is 11.5. The fourth-order valence-corrected chi connectivity index (χ4v) is 3.19. The molecule has 0 radical (unpaired) electrons. The van der Waals surface area contributed by atoms with Crippen LogP contribution in [0, 0.1) is 13.7 Å². The fraction of sp³-hybridized carbons (Fsp3) is 0.250. The Labute approximate surface area is 152 Å². The molecule has 24 heavy (non-hydrogen) atoms. The standard InChI is InChI=1S/C16H15IN4O3/c17-11-4-5-13(15(9-11)21(23)24)19-12-6-8-20(10-12)16(22)14-3-1-2-7-18-14/h1-5,7,9,12,19H,6,8,10H2. The van der Waals surface area contributed by atoms with E-state index in [1.807, 2.05) is 28.7 Å². The third-order valence-electron chi connectivity index (χ3n) is 3.88. The molecule has 1 aliphatic heterocycles. The Morgan fingerprint density at radius 2 is 2.21 bits per heavy atom. The molecule has 1 N–H and O–H groups in total. The number of nitro groups is 1. The maximum Gasteiger partial charge on any atom is 0.293 e. The lowest BCUT2D eigenvalue weighted by Crippen LogP contribution is -2.32. The Morgan fingerprint density at radius 3 is 2.92 bits per heavy atom. The Morgan fingerprint density at radius 1 is 1.38 bits per heavy atom. The first-order valence-corrected chi connectivity index (χ1v) is 8.53. The van der Waals surface area contributed by atoms with Crippen molar-refractivity contribution in [2.75, 3.05) is 18.4 Å². The number of nitrogens with zero attached hydrogens (tertiary/aromatic N) is 3. The molecule has 0 saturated carbocycles. The van der Waals surface area contributed by atoms with E-state index >= 15 is 0 Å².